The number of anilines is 1. The molecule has 140 valence electrons. The van der Waals surface area contributed by atoms with Gasteiger partial charge in [0.1, 0.15) is 12.3 Å². The van der Waals surface area contributed by atoms with E-state index in [1.54, 1.807) is 12.5 Å². The number of hydrogen-bond donors (Lipinski definition) is 0. The molecule has 1 fully saturated rings. The van der Waals surface area contributed by atoms with Gasteiger partial charge in [0.05, 0.1) is 22.8 Å². The summed E-state index contributed by atoms with van der Waals surface area (Å²) in [6, 6.07) is 10.7. The third-order valence-corrected chi connectivity index (χ3v) is 5.62. The molecule has 2 aromatic heterocycles. The molecule has 0 spiro atoms. The van der Waals surface area contributed by atoms with Crippen molar-refractivity contribution in [1.82, 2.24) is 14.8 Å². The molecule has 5 rings (SSSR count). The smallest absolute Gasteiger partial charge is 0.201 e. The first-order valence-corrected chi connectivity index (χ1v) is 9.69. The van der Waals surface area contributed by atoms with Crippen LogP contribution in [0.4, 0.5) is 5.69 Å². The Morgan fingerprint density at radius 1 is 1.21 bits per heavy atom. The van der Waals surface area contributed by atoms with Gasteiger partial charge in [-0.15, -0.1) is 0 Å². The number of pyridine rings is 1. The summed E-state index contributed by atoms with van der Waals surface area (Å²) in [6.45, 7) is 1.96. The van der Waals surface area contributed by atoms with Crippen molar-refractivity contribution in [1.29, 1.82) is 5.26 Å². The highest BCUT2D eigenvalue weighted by Crippen LogP contribution is 2.37. The number of ether oxygens (including phenoxy) is 1. The van der Waals surface area contributed by atoms with Crippen molar-refractivity contribution in [3.63, 3.8) is 0 Å². The van der Waals surface area contributed by atoms with E-state index in [2.05, 4.69) is 21.9 Å². The molecule has 1 atom stereocenters. The van der Waals surface area contributed by atoms with Crippen LogP contribution in [0.15, 0.2) is 49.1 Å². The summed E-state index contributed by atoms with van der Waals surface area (Å²) >= 11 is 0. The number of fused-ring (bicyclic) bond motifs is 1. The minimum absolute atomic E-state index is 0.309. The van der Waals surface area contributed by atoms with Crippen LogP contribution < -0.4 is 4.90 Å². The highest BCUT2D eigenvalue weighted by atomic mass is 16.5. The molecule has 2 aliphatic rings. The van der Waals surface area contributed by atoms with Crippen LogP contribution in [0.3, 0.4) is 0 Å². The lowest BCUT2D eigenvalue weighted by Crippen LogP contribution is -2.21. The fourth-order valence-corrected chi connectivity index (χ4v) is 4.22. The molecule has 0 N–H and O–H groups in total. The molecule has 0 saturated heterocycles. The number of aryl methyl sites for hydroxylation is 1. The van der Waals surface area contributed by atoms with E-state index < -0.39 is 0 Å². The second-order valence-corrected chi connectivity index (χ2v) is 7.50. The van der Waals surface area contributed by atoms with Crippen LogP contribution >= 0.6 is 0 Å². The SMILES string of the molecule is Cc1cc(C2OC=CN2c2cc3cn(C4CCCC4)nc3cc2C#N)ccn1. The number of rotatable bonds is 3. The zero-order valence-electron chi connectivity index (χ0n) is 15.7. The van der Waals surface area contributed by atoms with Crippen LogP contribution in [0.5, 0.6) is 0 Å². The summed E-state index contributed by atoms with van der Waals surface area (Å²) < 4.78 is 7.93. The molecule has 6 heteroatoms. The Hall–Kier alpha value is -3.33. The quantitative estimate of drug-likeness (QED) is 0.666. The lowest BCUT2D eigenvalue weighted by Gasteiger charge is -2.25. The van der Waals surface area contributed by atoms with Gasteiger partial charge in [0.2, 0.25) is 6.23 Å². The van der Waals surface area contributed by atoms with Crippen molar-refractivity contribution in [3.8, 4) is 6.07 Å². The van der Waals surface area contributed by atoms with E-state index in [4.69, 9.17) is 9.84 Å². The maximum atomic E-state index is 9.77. The molecule has 0 bridgehead atoms. The van der Waals surface area contributed by atoms with Gasteiger partial charge >= 0.3 is 0 Å². The summed E-state index contributed by atoms with van der Waals surface area (Å²) in [6.07, 6.45) is 12.0. The lowest BCUT2D eigenvalue weighted by molar-refractivity contribution is 0.174. The number of benzene rings is 1. The van der Waals surface area contributed by atoms with Crippen LogP contribution in [0.2, 0.25) is 0 Å². The second-order valence-electron chi connectivity index (χ2n) is 7.50. The fourth-order valence-electron chi connectivity index (χ4n) is 4.22. The van der Waals surface area contributed by atoms with Crippen LogP contribution in [-0.2, 0) is 4.74 Å². The Balaban J connectivity index is 1.57. The molecule has 6 nitrogen and oxygen atoms in total. The third kappa shape index (κ3) is 2.80. The van der Waals surface area contributed by atoms with Crippen LogP contribution in [0.1, 0.15) is 54.8 Å². The zero-order valence-corrected chi connectivity index (χ0v) is 15.7. The van der Waals surface area contributed by atoms with Crippen molar-refractivity contribution in [2.24, 2.45) is 0 Å². The summed E-state index contributed by atoms with van der Waals surface area (Å²) in [4.78, 5) is 6.27. The highest BCUT2D eigenvalue weighted by molar-refractivity contribution is 5.86. The van der Waals surface area contributed by atoms with Crippen molar-refractivity contribution in [2.45, 2.75) is 44.9 Å². The third-order valence-electron chi connectivity index (χ3n) is 5.62. The van der Waals surface area contributed by atoms with Gasteiger partial charge in [-0.25, -0.2) is 0 Å². The minimum Gasteiger partial charge on any atom is -0.472 e. The molecule has 0 amide bonds. The van der Waals surface area contributed by atoms with E-state index in [0.29, 0.717) is 11.6 Å². The molecule has 0 radical (unpaired) electrons. The van der Waals surface area contributed by atoms with Crippen LogP contribution in [0, 0.1) is 18.3 Å². The molecule has 3 aromatic rings. The lowest BCUT2D eigenvalue weighted by atomic mass is 10.1. The maximum Gasteiger partial charge on any atom is 0.201 e. The standard InChI is InChI=1S/C22H21N5O/c1-15-10-16(6-7-24-15)22-26(8-9-28-22)21-12-18-14-27(19-4-2-3-5-19)25-20(18)11-17(21)13-23/h6-12,14,19,22H,2-5H2,1H3. The second kappa shape index (κ2) is 6.68. The monoisotopic (exact) mass is 371 g/mol. The van der Waals surface area contributed by atoms with Gasteiger partial charge in [-0.3, -0.25) is 9.67 Å². The number of hydrogen-bond acceptors (Lipinski definition) is 5. The molecule has 1 aliphatic heterocycles. The Labute approximate surface area is 163 Å². The Morgan fingerprint density at radius 2 is 2.07 bits per heavy atom. The molecular formula is C22H21N5O. The number of nitrogens with zero attached hydrogens (tertiary/aromatic N) is 5. The minimum atomic E-state index is -0.309. The predicted octanol–water partition coefficient (Wildman–Crippen LogP) is 4.73. The average Bonchev–Trinajstić information content (AvgIpc) is 3.46. The maximum absolute atomic E-state index is 9.77. The predicted molar refractivity (Wildman–Crippen MR) is 106 cm³/mol. The first kappa shape index (κ1) is 16.8. The average molecular weight is 371 g/mol. The fraction of sp³-hybridized carbons (Fsp3) is 0.318. The molecule has 3 heterocycles. The Morgan fingerprint density at radius 3 is 2.86 bits per heavy atom. The van der Waals surface area contributed by atoms with Gasteiger partial charge in [0.15, 0.2) is 0 Å². The van der Waals surface area contributed by atoms with E-state index in [0.717, 1.165) is 27.8 Å². The van der Waals surface area contributed by atoms with Gasteiger partial charge < -0.3 is 9.64 Å². The molecule has 1 aliphatic carbocycles. The van der Waals surface area contributed by atoms with Crippen molar-refractivity contribution in [2.75, 3.05) is 4.90 Å². The normalized spacial score (nSPS) is 19.3. The molecule has 1 unspecified atom stereocenters. The van der Waals surface area contributed by atoms with Gasteiger partial charge in [-0.05, 0) is 44.0 Å². The largest absolute Gasteiger partial charge is 0.472 e. The van der Waals surface area contributed by atoms with Crippen molar-refractivity contribution >= 4 is 16.6 Å². The summed E-state index contributed by atoms with van der Waals surface area (Å²) in [7, 11) is 0. The number of aromatic nitrogens is 3. The van der Waals surface area contributed by atoms with Gasteiger partial charge in [-0.1, -0.05) is 12.8 Å². The molecule has 1 aromatic carbocycles. The Kier molecular flexibility index (Phi) is 4.01. The summed E-state index contributed by atoms with van der Waals surface area (Å²) in [5.74, 6) is 0. The van der Waals surface area contributed by atoms with Crippen molar-refractivity contribution < 1.29 is 4.74 Å². The summed E-state index contributed by atoms with van der Waals surface area (Å²) in [5, 5.41) is 15.6. The van der Waals surface area contributed by atoms with Gasteiger partial charge in [-0.2, -0.15) is 10.4 Å². The van der Waals surface area contributed by atoms with Crippen LogP contribution in [-0.4, -0.2) is 14.8 Å². The molecule has 28 heavy (non-hydrogen) atoms. The van der Waals surface area contributed by atoms with E-state index >= 15 is 0 Å². The summed E-state index contributed by atoms with van der Waals surface area (Å²) in [5.41, 5.74) is 4.22. The van der Waals surface area contributed by atoms with E-state index in [9.17, 15) is 5.26 Å². The molecule has 1 saturated carbocycles. The van der Waals surface area contributed by atoms with E-state index in [1.807, 2.05) is 42.3 Å². The zero-order chi connectivity index (χ0) is 19.1. The molecular weight excluding hydrogens is 350 g/mol. The Bertz CT molecular complexity index is 1100. The highest BCUT2D eigenvalue weighted by Gasteiger charge is 2.27. The number of nitriles is 1. The van der Waals surface area contributed by atoms with Gasteiger partial charge in [0.25, 0.3) is 0 Å². The van der Waals surface area contributed by atoms with E-state index in [-0.39, 0.29) is 6.23 Å². The van der Waals surface area contributed by atoms with Gasteiger partial charge in [0, 0.05) is 35.2 Å². The first-order valence-electron chi connectivity index (χ1n) is 9.69. The topological polar surface area (TPSA) is 67.0 Å². The van der Waals surface area contributed by atoms with E-state index in [1.165, 1.54) is 25.7 Å². The van der Waals surface area contributed by atoms with Crippen LogP contribution in [0.25, 0.3) is 10.9 Å². The van der Waals surface area contributed by atoms with Crippen molar-refractivity contribution in [3.05, 3.63) is 65.9 Å². The first-order chi connectivity index (χ1) is 13.7.